The smallest absolute Gasteiger partial charge is 0.381 e. The van der Waals surface area contributed by atoms with Crippen LogP contribution >= 0.6 is 0 Å². The second-order valence-corrected chi connectivity index (χ2v) is 7.38. The lowest BCUT2D eigenvalue weighted by Gasteiger charge is -2.22. The third-order valence-electron chi connectivity index (χ3n) is 5.22. The maximum atomic E-state index is 13.6. The minimum absolute atomic E-state index is 0.165. The van der Waals surface area contributed by atoms with Crippen molar-refractivity contribution in [3.8, 4) is 16.9 Å². The highest BCUT2D eigenvalue weighted by Gasteiger charge is 2.36. The first-order valence-electron chi connectivity index (χ1n) is 9.96. The van der Waals surface area contributed by atoms with Crippen molar-refractivity contribution in [2.45, 2.75) is 19.0 Å². The molecule has 0 aliphatic carbocycles. The lowest BCUT2D eigenvalue weighted by Crippen LogP contribution is -2.32. The largest absolute Gasteiger partial charge is 0.433 e. The summed E-state index contributed by atoms with van der Waals surface area (Å²) in [5.74, 6) is 0.117. The number of hydrogen-bond donors (Lipinski definition) is 1. The molecule has 1 aromatic carbocycles. The van der Waals surface area contributed by atoms with Crippen molar-refractivity contribution >= 4 is 5.91 Å². The van der Waals surface area contributed by atoms with E-state index in [1.54, 1.807) is 12.1 Å². The number of pyridine rings is 1. The summed E-state index contributed by atoms with van der Waals surface area (Å²) in [7, 11) is 0. The molecule has 6 nitrogen and oxygen atoms in total. The van der Waals surface area contributed by atoms with Crippen molar-refractivity contribution in [2.75, 3.05) is 19.8 Å². The molecule has 0 bridgehead atoms. The molecular formula is C22H21F3N4O2. The topological polar surface area (TPSA) is 69.0 Å². The maximum absolute atomic E-state index is 13.6. The van der Waals surface area contributed by atoms with Gasteiger partial charge in [-0.15, -0.1) is 0 Å². The molecule has 1 aliphatic heterocycles. The molecule has 0 radical (unpaired) electrons. The molecule has 1 aliphatic rings. The summed E-state index contributed by atoms with van der Waals surface area (Å²) in [5, 5.41) is 7.02. The summed E-state index contributed by atoms with van der Waals surface area (Å²) < 4.78 is 46.9. The van der Waals surface area contributed by atoms with E-state index in [9.17, 15) is 18.0 Å². The molecule has 9 heteroatoms. The summed E-state index contributed by atoms with van der Waals surface area (Å²) in [6, 6.07) is 10.2. The summed E-state index contributed by atoms with van der Waals surface area (Å²) in [6.45, 7) is 1.94. The van der Waals surface area contributed by atoms with Gasteiger partial charge in [0.1, 0.15) is 5.69 Å². The molecule has 0 atom stereocenters. The zero-order chi connectivity index (χ0) is 21.8. The van der Waals surface area contributed by atoms with Crippen LogP contribution in [-0.2, 0) is 10.9 Å². The van der Waals surface area contributed by atoms with Crippen molar-refractivity contribution in [1.29, 1.82) is 0 Å². The fourth-order valence-corrected chi connectivity index (χ4v) is 3.48. The van der Waals surface area contributed by atoms with Crippen LogP contribution < -0.4 is 5.32 Å². The standard InChI is InChI=1S/C22H21F3N4O2/c23-22(24,25)20-12-19(17-2-1-9-26-14-17)28-29(20)18-5-3-16(4-6-18)21(30)27-13-15-7-10-31-11-8-15/h1-6,9,12,14-15H,7-8,10-11,13H2,(H,27,30). The summed E-state index contributed by atoms with van der Waals surface area (Å²) in [5.41, 5.74) is 0.338. The second kappa shape index (κ2) is 8.89. The van der Waals surface area contributed by atoms with Crippen LogP contribution in [0.5, 0.6) is 0 Å². The monoisotopic (exact) mass is 430 g/mol. The number of halogens is 3. The average Bonchev–Trinajstić information content (AvgIpc) is 3.25. The number of amides is 1. The number of carbonyl (C=O) groups excluding carboxylic acids is 1. The molecule has 31 heavy (non-hydrogen) atoms. The Morgan fingerprint density at radius 2 is 1.90 bits per heavy atom. The number of nitrogens with zero attached hydrogens (tertiary/aromatic N) is 3. The van der Waals surface area contributed by atoms with Crippen LogP contribution in [0.1, 0.15) is 28.9 Å². The van der Waals surface area contributed by atoms with Gasteiger partial charge in [0.25, 0.3) is 5.91 Å². The van der Waals surface area contributed by atoms with Gasteiger partial charge in [-0.3, -0.25) is 9.78 Å². The highest BCUT2D eigenvalue weighted by Crippen LogP contribution is 2.34. The Morgan fingerprint density at radius 3 is 2.55 bits per heavy atom. The Bertz CT molecular complexity index is 1030. The van der Waals surface area contributed by atoms with Crippen molar-refractivity contribution < 1.29 is 22.7 Å². The zero-order valence-electron chi connectivity index (χ0n) is 16.6. The fraction of sp³-hybridized carbons (Fsp3) is 0.318. The van der Waals surface area contributed by atoms with Gasteiger partial charge in [0.05, 0.1) is 11.4 Å². The Balaban J connectivity index is 1.54. The van der Waals surface area contributed by atoms with Gasteiger partial charge in [0.2, 0.25) is 0 Å². The third kappa shape index (κ3) is 4.93. The predicted molar refractivity (Wildman–Crippen MR) is 108 cm³/mol. The number of alkyl halides is 3. The second-order valence-electron chi connectivity index (χ2n) is 7.38. The normalized spacial score (nSPS) is 15.1. The molecule has 2 aromatic heterocycles. The first-order chi connectivity index (χ1) is 14.9. The van der Waals surface area contributed by atoms with Gasteiger partial charge in [0, 0.05) is 43.3 Å². The Morgan fingerprint density at radius 1 is 1.16 bits per heavy atom. The molecule has 1 saturated heterocycles. The summed E-state index contributed by atoms with van der Waals surface area (Å²) in [4.78, 5) is 16.3. The van der Waals surface area contributed by atoms with E-state index < -0.39 is 11.9 Å². The minimum atomic E-state index is -4.59. The Labute approximate surface area is 177 Å². The van der Waals surface area contributed by atoms with E-state index in [-0.39, 0.29) is 17.3 Å². The van der Waals surface area contributed by atoms with Crippen LogP contribution in [0.15, 0.2) is 54.9 Å². The van der Waals surface area contributed by atoms with Crippen LogP contribution in [0.2, 0.25) is 0 Å². The predicted octanol–water partition coefficient (Wildman–Crippen LogP) is 4.11. The number of ether oxygens (including phenoxy) is 1. The maximum Gasteiger partial charge on any atom is 0.433 e. The molecular weight excluding hydrogens is 409 g/mol. The van der Waals surface area contributed by atoms with Crippen LogP contribution in [-0.4, -0.2) is 40.4 Å². The van der Waals surface area contributed by atoms with E-state index >= 15 is 0 Å². The fourth-order valence-electron chi connectivity index (χ4n) is 3.48. The van der Waals surface area contributed by atoms with Gasteiger partial charge >= 0.3 is 6.18 Å². The molecule has 0 saturated carbocycles. The molecule has 0 spiro atoms. The molecule has 3 aromatic rings. The Hall–Kier alpha value is -3.20. The number of carbonyl (C=O) groups is 1. The molecule has 162 valence electrons. The molecule has 4 rings (SSSR count). The van der Waals surface area contributed by atoms with Crippen LogP contribution in [0.3, 0.4) is 0 Å². The van der Waals surface area contributed by atoms with Gasteiger partial charge in [-0.05, 0) is 61.2 Å². The minimum Gasteiger partial charge on any atom is -0.381 e. The third-order valence-corrected chi connectivity index (χ3v) is 5.22. The zero-order valence-corrected chi connectivity index (χ0v) is 16.6. The highest BCUT2D eigenvalue weighted by atomic mass is 19.4. The summed E-state index contributed by atoms with van der Waals surface area (Å²) in [6.07, 6.45) is 0.207. The highest BCUT2D eigenvalue weighted by molar-refractivity contribution is 5.94. The molecule has 1 fully saturated rings. The van der Waals surface area contributed by atoms with Crippen LogP contribution in [0.4, 0.5) is 13.2 Å². The van der Waals surface area contributed by atoms with E-state index in [0.717, 1.165) is 23.6 Å². The molecule has 1 amide bonds. The van der Waals surface area contributed by atoms with Crippen molar-refractivity contribution in [2.24, 2.45) is 5.92 Å². The van der Waals surface area contributed by atoms with Gasteiger partial charge in [-0.25, -0.2) is 4.68 Å². The van der Waals surface area contributed by atoms with Gasteiger partial charge in [-0.2, -0.15) is 18.3 Å². The van der Waals surface area contributed by atoms with Crippen LogP contribution in [0, 0.1) is 5.92 Å². The SMILES string of the molecule is O=C(NCC1CCOCC1)c1ccc(-n2nc(-c3cccnc3)cc2C(F)(F)F)cc1. The molecule has 3 heterocycles. The lowest BCUT2D eigenvalue weighted by atomic mass is 10.0. The van der Waals surface area contributed by atoms with Gasteiger partial charge < -0.3 is 10.1 Å². The molecule has 0 unspecified atom stereocenters. The van der Waals surface area contributed by atoms with E-state index in [4.69, 9.17) is 4.74 Å². The quantitative estimate of drug-likeness (QED) is 0.662. The number of rotatable bonds is 5. The van der Waals surface area contributed by atoms with E-state index in [2.05, 4.69) is 15.4 Å². The van der Waals surface area contributed by atoms with Crippen LogP contribution in [0.25, 0.3) is 16.9 Å². The number of benzene rings is 1. The van der Waals surface area contributed by atoms with E-state index in [0.29, 0.717) is 36.8 Å². The lowest BCUT2D eigenvalue weighted by molar-refractivity contribution is -0.142. The average molecular weight is 430 g/mol. The number of aromatic nitrogens is 3. The first-order valence-corrected chi connectivity index (χ1v) is 9.96. The van der Waals surface area contributed by atoms with Crippen molar-refractivity contribution in [3.05, 3.63) is 66.1 Å². The first kappa shape index (κ1) is 21.0. The number of nitrogens with one attached hydrogen (secondary N) is 1. The van der Waals surface area contributed by atoms with Crippen molar-refractivity contribution in [1.82, 2.24) is 20.1 Å². The van der Waals surface area contributed by atoms with Gasteiger partial charge in [-0.1, -0.05) is 0 Å². The Kier molecular flexibility index (Phi) is 6.03. The number of hydrogen-bond acceptors (Lipinski definition) is 4. The van der Waals surface area contributed by atoms with Gasteiger partial charge in [0.15, 0.2) is 0 Å². The van der Waals surface area contributed by atoms with E-state index in [1.807, 2.05) is 0 Å². The van der Waals surface area contributed by atoms with E-state index in [1.165, 1.54) is 36.7 Å². The summed E-state index contributed by atoms with van der Waals surface area (Å²) >= 11 is 0. The van der Waals surface area contributed by atoms with Crippen molar-refractivity contribution in [3.63, 3.8) is 0 Å². The molecule has 1 N–H and O–H groups in total.